The Labute approximate surface area is 342 Å². The minimum atomic E-state index is 0.954. The van der Waals surface area contributed by atoms with E-state index < -0.39 is 0 Å². The monoisotopic (exact) mass is 755 g/mol. The fourth-order valence-corrected chi connectivity index (χ4v) is 8.41. The number of hydrogen-bond donors (Lipinski definition) is 0. The number of anilines is 3. The average molecular weight is 756 g/mol. The van der Waals surface area contributed by atoms with Gasteiger partial charge in [-0.15, -0.1) is 0 Å². The summed E-state index contributed by atoms with van der Waals surface area (Å²) < 4.78 is 4.68. The summed E-state index contributed by atoms with van der Waals surface area (Å²) in [5.74, 6) is 0. The molecule has 0 amide bonds. The first-order chi connectivity index (χ1) is 29.2. The lowest BCUT2D eigenvalue weighted by Gasteiger charge is -2.26. The van der Waals surface area contributed by atoms with Gasteiger partial charge in [0, 0.05) is 74.9 Å². The van der Waals surface area contributed by atoms with Gasteiger partial charge in [0.1, 0.15) is 0 Å². The van der Waals surface area contributed by atoms with E-state index in [2.05, 4.69) is 200 Å². The maximum Gasteiger partial charge on any atom is 0.0701 e. The maximum atomic E-state index is 4.57. The third-order valence-electron chi connectivity index (χ3n) is 11.3. The summed E-state index contributed by atoms with van der Waals surface area (Å²) >= 11 is 0. The van der Waals surface area contributed by atoms with Crippen LogP contribution in [0.2, 0.25) is 0 Å². The van der Waals surface area contributed by atoms with Crippen LogP contribution < -0.4 is 4.90 Å². The van der Waals surface area contributed by atoms with E-state index in [0.717, 1.165) is 56.4 Å². The van der Waals surface area contributed by atoms with Gasteiger partial charge >= 0.3 is 0 Å². The molecule has 4 aromatic heterocycles. The Morgan fingerprint density at radius 1 is 0.373 bits per heavy atom. The number of fused-ring (bicyclic) bond motifs is 4. The molecule has 0 radical (unpaired) electrons. The van der Waals surface area contributed by atoms with Gasteiger partial charge in [-0.1, -0.05) is 84.9 Å². The Balaban J connectivity index is 1.00. The van der Waals surface area contributed by atoms with Gasteiger partial charge in [-0.3, -0.25) is 9.97 Å². The number of rotatable bonds is 8. The van der Waals surface area contributed by atoms with Gasteiger partial charge in [-0.25, -0.2) is 0 Å². The summed E-state index contributed by atoms with van der Waals surface area (Å²) in [4.78, 5) is 11.1. The third kappa shape index (κ3) is 6.22. The molecular weight excluding hydrogens is 719 g/mol. The summed E-state index contributed by atoms with van der Waals surface area (Å²) in [6.07, 6.45) is 7.68. The molecule has 0 atom stereocenters. The van der Waals surface area contributed by atoms with Crippen LogP contribution in [0.4, 0.5) is 17.1 Å². The van der Waals surface area contributed by atoms with Crippen molar-refractivity contribution in [2.75, 3.05) is 4.90 Å². The Hall–Kier alpha value is -8.02. The van der Waals surface area contributed by atoms with Gasteiger partial charge in [0.15, 0.2) is 0 Å². The molecule has 5 nitrogen and oxygen atoms in total. The first-order valence-corrected chi connectivity index (χ1v) is 19.9. The maximum absolute atomic E-state index is 4.57. The second-order valence-electron chi connectivity index (χ2n) is 14.8. The van der Waals surface area contributed by atoms with Crippen molar-refractivity contribution < 1.29 is 0 Å². The SMILES string of the molecule is c1ccc(-n2ccc3cc4c5cc(-c6ccc(N(c7ccc(-c8ccncc8)cc7)c7ccc(-c8ccccn8)cc7)cc6)ccc5n(-c5ccccc5)c4cc32)cc1. The Bertz CT molecular complexity index is 3130. The predicted molar refractivity (Wildman–Crippen MR) is 244 cm³/mol. The number of nitrogens with zero attached hydrogens (tertiary/aromatic N) is 5. The van der Waals surface area contributed by atoms with Crippen molar-refractivity contribution in [3.8, 4) is 44.9 Å². The summed E-state index contributed by atoms with van der Waals surface area (Å²) in [7, 11) is 0. The number of para-hydroxylation sites is 2. The molecular formula is C54H37N5. The molecule has 11 aromatic rings. The highest BCUT2D eigenvalue weighted by molar-refractivity contribution is 6.14. The summed E-state index contributed by atoms with van der Waals surface area (Å²) in [6.45, 7) is 0. The zero-order valence-corrected chi connectivity index (χ0v) is 32.1. The fraction of sp³-hybridized carbons (Fsp3) is 0. The standard InChI is InChI=1S/C54H37N5/c1-3-9-44(10-4-1)57-34-30-43-36-50-49-35-42(20-27-52(49)59(54(50)37-53(43)57)45-11-5-2-6-12-45)39-16-23-47(24-17-39)58(46-21-14-38(15-22-46)40-28-32-55-33-29-40)48-25-18-41(19-26-48)51-13-7-8-31-56-51/h1-37H. The molecule has 11 rings (SSSR count). The highest BCUT2D eigenvalue weighted by Gasteiger charge is 2.18. The summed E-state index contributed by atoms with van der Waals surface area (Å²) in [6, 6.07) is 71.5. The van der Waals surface area contributed by atoms with Crippen molar-refractivity contribution in [1.82, 2.24) is 19.1 Å². The molecule has 0 aliphatic rings. The van der Waals surface area contributed by atoms with Crippen LogP contribution in [0.25, 0.3) is 77.6 Å². The van der Waals surface area contributed by atoms with E-state index in [4.69, 9.17) is 0 Å². The molecule has 0 bridgehead atoms. The molecule has 5 heteroatoms. The minimum Gasteiger partial charge on any atom is -0.316 e. The predicted octanol–water partition coefficient (Wildman–Crippen LogP) is 14.0. The van der Waals surface area contributed by atoms with Crippen LogP contribution in [0.15, 0.2) is 225 Å². The second-order valence-corrected chi connectivity index (χ2v) is 14.8. The van der Waals surface area contributed by atoms with Crippen LogP contribution in [-0.4, -0.2) is 19.1 Å². The van der Waals surface area contributed by atoms with Crippen molar-refractivity contribution in [3.63, 3.8) is 0 Å². The van der Waals surface area contributed by atoms with Crippen LogP contribution in [0.1, 0.15) is 0 Å². The zero-order chi connectivity index (χ0) is 39.1. The molecule has 0 spiro atoms. The molecule has 59 heavy (non-hydrogen) atoms. The topological polar surface area (TPSA) is 38.9 Å². The van der Waals surface area contributed by atoms with Crippen molar-refractivity contribution in [1.29, 1.82) is 0 Å². The number of pyridine rings is 2. The Morgan fingerprint density at radius 3 is 1.58 bits per heavy atom. The highest BCUT2D eigenvalue weighted by Crippen LogP contribution is 2.40. The Kier molecular flexibility index (Phi) is 8.41. The summed E-state index contributed by atoms with van der Waals surface area (Å²) in [5.41, 5.74) is 15.7. The van der Waals surface area contributed by atoms with Gasteiger partial charge < -0.3 is 14.0 Å². The largest absolute Gasteiger partial charge is 0.316 e. The van der Waals surface area contributed by atoms with E-state index in [0.29, 0.717) is 0 Å². The van der Waals surface area contributed by atoms with Crippen molar-refractivity contribution in [3.05, 3.63) is 225 Å². The molecule has 0 saturated heterocycles. The van der Waals surface area contributed by atoms with E-state index in [1.807, 2.05) is 48.9 Å². The zero-order valence-electron chi connectivity index (χ0n) is 32.1. The van der Waals surface area contributed by atoms with E-state index in [9.17, 15) is 0 Å². The van der Waals surface area contributed by atoms with E-state index in [1.54, 1.807) is 0 Å². The highest BCUT2D eigenvalue weighted by atomic mass is 15.1. The number of benzene rings is 7. The molecule has 4 heterocycles. The summed E-state index contributed by atoms with van der Waals surface area (Å²) in [5, 5.41) is 3.67. The van der Waals surface area contributed by atoms with Crippen LogP contribution in [0, 0.1) is 0 Å². The first-order valence-electron chi connectivity index (χ1n) is 19.9. The van der Waals surface area contributed by atoms with Gasteiger partial charge in [0.25, 0.3) is 0 Å². The van der Waals surface area contributed by atoms with Gasteiger partial charge in [-0.05, 0) is 138 Å². The molecule has 0 aliphatic carbocycles. The fourth-order valence-electron chi connectivity index (χ4n) is 8.41. The van der Waals surface area contributed by atoms with Crippen LogP contribution >= 0.6 is 0 Å². The van der Waals surface area contributed by atoms with Crippen molar-refractivity contribution in [2.45, 2.75) is 0 Å². The smallest absolute Gasteiger partial charge is 0.0701 e. The van der Waals surface area contributed by atoms with Crippen LogP contribution in [0.5, 0.6) is 0 Å². The Morgan fingerprint density at radius 2 is 0.932 bits per heavy atom. The molecule has 0 unspecified atom stereocenters. The van der Waals surface area contributed by atoms with Gasteiger partial charge in [0.05, 0.1) is 22.2 Å². The van der Waals surface area contributed by atoms with E-state index in [1.165, 1.54) is 38.3 Å². The van der Waals surface area contributed by atoms with E-state index in [-0.39, 0.29) is 0 Å². The number of hydrogen-bond acceptors (Lipinski definition) is 3. The first kappa shape index (κ1) is 34.2. The lowest BCUT2D eigenvalue weighted by Crippen LogP contribution is -2.09. The lowest BCUT2D eigenvalue weighted by atomic mass is 10.0. The molecule has 0 N–H and O–H groups in total. The quantitative estimate of drug-likeness (QED) is 0.155. The normalized spacial score (nSPS) is 11.4. The van der Waals surface area contributed by atoms with Crippen molar-refractivity contribution >= 4 is 49.8 Å². The molecule has 278 valence electrons. The van der Waals surface area contributed by atoms with Gasteiger partial charge in [0.2, 0.25) is 0 Å². The lowest BCUT2D eigenvalue weighted by molar-refractivity contribution is 1.12. The minimum absolute atomic E-state index is 0.954. The molecule has 0 saturated carbocycles. The molecule has 0 aliphatic heterocycles. The van der Waals surface area contributed by atoms with E-state index >= 15 is 0 Å². The van der Waals surface area contributed by atoms with Crippen LogP contribution in [0.3, 0.4) is 0 Å². The molecule has 0 fully saturated rings. The van der Waals surface area contributed by atoms with Gasteiger partial charge in [-0.2, -0.15) is 0 Å². The van der Waals surface area contributed by atoms with Crippen LogP contribution in [-0.2, 0) is 0 Å². The number of aromatic nitrogens is 4. The third-order valence-corrected chi connectivity index (χ3v) is 11.3. The van der Waals surface area contributed by atoms with Crippen molar-refractivity contribution in [2.24, 2.45) is 0 Å². The second kappa shape index (κ2) is 14.5. The molecule has 7 aromatic carbocycles. The average Bonchev–Trinajstić information content (AvgIpc) is 3.88.